The van der Waals surface area contributed by atoms with Crippen LogP contribution >= 0.6 is 0 Å². The number of rotatable bonds is 6. The molecule has 0 atom stereocenters. The van der Waals surface area contributed by atoms with E-state index in [4.69, 9.17) is 0 Å². The van der Waals surface area contributed by atoms with Gasteiger partial charge in [-0.3, -0.25) is 9.80 Å². The molecule has 0 saturated carbocycles. The van der Waals surface area contributed by atoms with Crippen molar-refractivity contribution in [3.63, 3.8) is 0 Å². The van der Waals surface area contributed by atoms with Gasteiger partial charge in [-0.1, -0.05) is 127 Å². The van der Waals surface area contributed by atoms with E-state index in [-0.39, 0.29) is 6.17 Å². The highest BCUT2D eigenvalue weighted by atomic mass is 15.4. The number of benzene rings is 5. The molecular weight excluding hydrogens is 424 g/mol. The van der Waals surface area contributed by atoms with E-state index in [1.54, 1.807) is 0 Å². The van der Waals surface area contributed by atoms with Crippen molar-refractivity contribution in [2.75, 3.05) is 13.1 Å². The van der Waals surface area contributed by atoms with Crippen LogP contribution in [0.4, 0.5) is 0 Å². The number of fused-ring (bicyclic) bond motifs is 2. The van der Waals surface area contributed by atoms with Crippen LogP contribution in [0.25, 0.3) is 27.6 Å². The van der Waals surface area contributed by atoms with E-state index in [2.05, 4.69) is 137 Å². The third-order valence-electron chi connectivity index (χ3n) is 7.19. The molecule has 0 aliphatic carbocycles. The SMILES string of the molecule is C(=C\C1N(Cc2cccc3ccccc23)CCN1Cc1cccc2ccccc12)/c1ccccc1. The molecule has 1 fully saturated rings. The lowest BCUT2D eigenvalue weighted by Gasteiger charge is -2.29. The largest absolute Gasteiger partial charge is 0.279 e. The Kier molecular flexibility index (Phi) is 6.15. The Morgan fingerprint density at radius 3 is 1.60 bits per heavy atom. The monoisotopic (exact) mass is 454 g/mol. The molecule has 1 aliphatic rings. The van der Waals surface area contributed by atoms with Crippen molar-refractivity contribution in [3.8, 4) is 0 Å². The van der Waals surface area contributed by atoms with Gasteiger partial charge in [0.05, 0.1) is 6.17 Å². The highest BCUT2D eigenvalue weighted by Crippen LogP contribution is 2.27. The first kappa shape index (κ1) is 21.8. The molecular formula is C33H30N2. The third kappa shape index (κ3) is 4.64. The van der Waals surface area contributed by atoms with Crippen molar-refractivity contribution in [3.05, 3.63) is 138 Å². The minimum absolute atomic E-state index is 0.244. The van der Waals surface area contributed by atoms with Crippen LogP contribution in [-0.4, -0.2) is 29.1 Å². The summed E-state index contributed by atoms with van der Waals surface area (Å²) in [5.74, 6) is 0. The van der Waals surface area contributed by atoms with E-state index >= 15 is 0 Å². The van der Waals surface area contributed by atoms with Crippen LogP contribution in [-0.2, 0) is 13.1 Å². The average molecular weight is 455 g/mol. The quantitative estimate of drug-likeness (QED) is 0.265. The molecule has 35 heavy (non-hydrogen) atoms. The van der Waals surface area contributed by atoms with Crippen molar-refractivity contribution in [2.45, 2.75) is 19.3 Å². The van der Waals surface area contributed by atoms with Gasteiger partial charge in [-0.15, -0.1) is 0 Å². The molecule has 0 amide bonds. The van der Waals surface area contributed by atoms with Crippen molar-refractivity contribution in [1.82, 2.24) is 9.80 Å². The van der Waals surface area contributed by atoms with Crippen LogP contribution in [0.15, 0.2) is 121 Å². The fraction of sp³-hybridized carbons (Fsp3) is 0.152. The van der Waals surface area contributed by atoms with Crippen LogP contribution in [0.1, 0.15) is 16.7 Å². The molecule has 1 aliphatic heterocycles. The molecule has 2 heteroatoms. The molecule has 0 N–H and O–H groups in total. The normalized spacial score (nSPS) is 15.5. The number of hydrogen-bond donors (Lipinski definition) is 0. The van der Waals surface area contributed by atoms with Crippen LogP contribution in [0.5, 0.6) is 0 Å². The second-order valence-electron chi connectivity index (χ2n) is 9.40. The van der Waals surface area contributed by atoms with Gasteiger partial charge in [0.15, 0.2) is 0 Å². The zero-order valence-corrected chi connectivity index (χ0v) is 19.9. The summed E-state index contributed by atoms with van der Waals surface area (Å²) in [6.45, 7) is 3.99. The summed E-state index contributed by atoms with van der Waals surface area (Å²) in [7, 11) is 0. The molecule has 1 saturated heterocycles. The van der Waals surface area contributed by atoms with Crippen LogP contribution < -0.4 is 0 Å². The molecule has 0 radical (unpaired) electrons. The van der Waals surface area contributed by atoms with E-state index in [9.17, 15) is 0 Å². The smallest absolute Gasteiger partial charge is 0.0824 e. The van der Waals surface area contributed by atoms with E-state index < -0.39 is 0 Å². The predicted octanol–water partition coefficient (Wildman–Crippen LogP) is 7.35. The molecule has 0 bridgehead atoms. The minimum Gasteiger partial charge on any atom is -0.279 e. The molecule has 2 nitrogen and oxygen atoms in total. The number of hydrogen-bond acceptors (Lipinski definition) is 2. The van der Waals surface area contributed by atoms with Crippen LogP contribution in [0.2, 0.25) is 0 Å². The van der Waals surface area contributed by atoms with Gasteiger partial charge in [-0.05, 0) is 38.2 Å². The lowest BCUT2D eigenvalue weighted by Crippen LogP contribution is -2.36. The molecule has 5 aromatic carbocycles. The molecule has 1 heterocycles. The third-order valence-corrected chi connectivity index (χ3v) is 7.19. The summed E-state index contributed by atoms with van der Waals surface area (Å²) < 4.78 is 0. The molecule has 0 aromatic heterocycles. The molecule has 0 unspecified atom stereocenters. The summed E-state index contributed by atoms with van der Waals surface area (Å²) >= 11 is 0. The highest BCUT2D eigenvalue weighted by Gasteiger charge is 2.30. The fourth-order valence-corrected chi connectivity index (χ4v) is 5.40. The van der Waals surface area contributed by atoms with E-state index in [0.717, 1.165) is 26.2 Å². The topological polar surface area (TPSA) is 6.48 Å². The molecule has 6 rings (SSSR count). The van der Waals surface area contributed by atoms with Gasteiger partial charge >= 0.3 is 0 Å². The van der Waals surface area contributed by atoms with Gasteiger partial charge in [0.25, 0.3) is 0 Å². The van der Waals surface area contributed by atoms with Crippen molar-refractivity contribution < 1.29 is 0 Å². The maximum Gasteiger partial charge on any atom is 0.0824 e. The van der Waals surface area contributed by atoms with Gasteiger partial charge in [-0.2, -0.15) is 0 Å². The Morgan fingerprint density at radius 1 is 0.543 bits per heavy atom. The van der Waals surface area contributed by atoms with Crippen LogP contribution in [0.3, 0.4) is 0 Å². The van der Waals surface area contributed by atoms with Gasteiger partial charge in [-0.25, -0.2) is 0 Å². The summed E-state index contributed by atoms with van der Waals surface area (Å²) in [6, 6.07) is 41.5. The fourth-order valence-electron chi connectivity index (χ4n) is 5.40. The predicted molar refractivity (Wildman–Crippen MR) is 148 cm³/mol. The van der Waals surface area contributed by atoms with E-state index in [1.807, 2.05) is 0 Å². The zero-order chi connectivity index (χ0) is 23.5. The molecule has 172 valence electrons. The van der Waals surface area contributed by atoms with E-state index in [0.29, 0.717) is 0 Å². The number of nitrogens with zero attached hydrogens (tertiary/aromatic N) is 2. The molecule has 0 spiro atoms. The second-order valence-corrected chi connectivity index (χ2v) is 9.40. The Labute approximate surface area is 207 Å². The summed E-state index contributed by atoms with van der Waals surface area (Å²) in [4.78, 5) is 5.23. The Hall–Kier alpha value is -3.72. The maximum absolute atomic E-state index is 2.62. The van der Waals surface area contributed by atoms with Crippen molar-refractivity contribution in [1.29, 1.82) is 0 Å². The minimum atomic E-state index is 0.244. The van der Waals surface area contributed by atoms with E-state index in [1.165, 1.54) is 38.2 Å². The summed E-state index contributed by atoms with van der Waals surface area (Å²) in [5, 5.41) is 5.34. The Morgan fingerprint density at radius 2 is 1.03 bits per heavy atom. The van der Waals surface area contributed by atoms with Crippen molar-refractivity contribution in [2.24, 2.45) is 0 Å². The van der Waals surface area contributed by atoms with Gasteiger partial charge in [0.2, 0.25) is 0 Å². The first-order chi connectivity index (χ1) is 17.3. The Bertz CT molecular complexity index is 1370. The average Bonchev–Trinajstić information content (AvgIpc) is 3.29. The second kappa shape index (κ2) is 9.87. The van der Waals surface area contributed by atoms with Gasteiger partial charge in [0.1, 0.15) is 0 Å². The van der Waals surface area contributed by atoms with Gasteiger partial charge in [0, 0.05) is 26.2 Å². The standard InChI is InChI=1S/C33H30N2/c1-2-10-26(11-3-1)20-21-33-34(24-29-16-8-14-27-12-4-6-18-31(27)29)22-23-35(33)25-30-17-9-15-28-13-5-7-19-32(28)30/h1-21,33H,22-25H2/b21-20+. The first-order valence-electron chi connectivity index (χ1n) is 12.5. The first-order valence-corrected chi connectivity index (χ1v) is 12.5. The maximum atomic E-state index is 2.62. The zero-order valence-electron chi connectivity index (χ0n) is 19.9. The van der Waals surface area contributed by atoms with Gasteiger partial charge < -0.3 is 0 Å². The Balaban J connectivity index is 1.32. The lowest BCUT2D eigenvalue weighted by atomic mass is 10.0. The summed E-state index contributed by atoms with van der Waals surface area (Å²) in [5.41, 5.74) is 4.04. The molecule has 5 aromatic rings. The van der Waals surface area contributed by atoms with Crippen LogP contribution in [0, 0.1) is 0 Å². The highest BCUT2D eigenvalue weighted by molar-refractivity contribution is 5.86. The summed E-state index contributed by atoms with van der Waals surface area (Å²) in [6.07, 6.45) is 4.91. The van der Waals surface area contributed by atoms with Crippen molar-refractivity contribution >= 4 is 27.6 Å². The lowest BCUT2D eigenvalue weighted by molar-refractivity contribution is 0.168.